The Bertz CT molecular complexity index is 1420. The number of methoxy groups -OCH3 is 1. The summed E-state index contributed by atoms with van der Waals surface area (Å²) in [5.41, 5.74) is 3.26. The van der Waals surface area contributed by atoms with Crippen LogP contribution in [0.15, 0.2) is 47.7 Å². The van der Waals surface area contributed by atoms with Crippen LogP contribution in [-0.4, -0.2) is 33.6 Å². The SMILES string of the molecule is COc1ccc(C2CC(Cn3cnc(C(F)(F)F)c(Oc4cc(Cl)cc(C#N)c4)c3=O)NNC2=O)cn1. The molecule has 1 saturated heterocycles. The highest BCUT2D eigenvalue weighted by Gasteiger charge is 2.39. The second kappa shape index (κ2) is 10.5. The fourth-order valence-electron chi connectivity index (χ4n) is 3.77. The maximum atomic E-state index is 13.6. The van der Waals surface area contributed by atoms with Gasteiger partial charge in [-0.1, -0.05) is 17.7 Å². The van der Waals surface area contributed by atoms with Gasteiger partial charge in [0.15, 0.2) is 5.69 Å². The molecule has 1 aliphatic rings. The van der Waals surface area contributed by atoms with E-state index in [0.29, 0.717) is 11.4 Å². The van der Waals surface area contributed by atoms with Crippen LogP contribution in [-0.2, 0) is 17.5 Å². The lowest BCUT2D eigenvalue weighted by molar-refractivity contribution is -0.142. The summed E-state index contributed by atoms with van der Waals surface area (Å²) in [7, 11) is 1.46. The molecule has 1 aliphatic heterocycles. The standard InChI is InChI=1S/C23H18ClF3N6O4/c1-36-18-3-2-13(9-29-18)17-7-15(31-32-21(17)34)10-33-11-30-20(23(25,26)27)19(22(33)35)37-16-5-12(8-28)4-14(24)6-16/h2-6,9,11,15,17,31H,7,10H2,1H3,(H,32,34). The molecule has 192 valence electrons. The molecule has 14 heteroatoms. The molecule has 2 atom stereocenters. The van der Waals surface area contributed by atoms with Gasteiger partial charge in [0, 0.05) is 29.9 Å². The van der Waals surface area contributed by atoms with E-state index in [1.165, 1.54) is 25.4 Å². The molecule has 37 heavy (non-hydrogen) atoms. The van der Waals surface area contributed by atoms with E-state index in [0.717, 1.165) is 17.0 Å². The van der Waals surface area contributed by atoms with Crippen molar-refractivity contribution < 1.29 is 27.4 Å². The number of carbonyl (C=O) groups is 1. The van der Waals surface area contributed by atoms with E-state index in [-0.39, 0.29) is 35.2 Å². The van der Waals surface area contributed by atoms with Gasteiger partial charge in [-0.15, -0.1) is 0 Å². The van der Waals surface area contributed by atoms with Gasteiger partial charge in [0.2, 0.25) is 17.5 Å². The van der Waals surface area contributed by atoms with Gasteiger partial charge < -0.3 is 9.47 Å². The van der Waals surface area contributed by atoms with Crippen LogP contribution < -0.4 is 25.9 Å². The monoisotopic (exact) mass is 534 g/mol. The van der Waals surface area contributed by atoms with Gasteiger partial charge in [-0.2, -0.15) is 18.4 Å². The largest absolute Gasteiger partial charge is 0.481 e. The van der Waals surface area contributed by atoms with E-state index < -0.39 is 35.1 Å². The first-order valence-electron chi connectivity index (χ1n) is 10.7. The normalized spacial score (nSPS) is 17.6. The van der Waals surface area contributed by atoms with Gasteiger partial charge in [0.1, 0.15) is 5.75 Å². The van der Waals surface area contributed by atoms with Crippen LogP contribution >= 0.6 is 11.6 Å². The van der Waals surface area contributed by atoms with E-state index in [9.17, 15) is 22.8 Å². The summed E-state index contributed by atoms with van der Waals surface area (Å²) in [5, 5.41) is 9.13. The second-order valence-corrected chi connectivity index (χ2v) is 8.46. The van der Waals surface area contributed by atoms with Crippen molar-refractivity contribution in [1.82, 2.24) is 25.4 Å². The number of carbonyl (C=O) groups excluding carboxylic acids is 1. The average molecular weight is 535 g/mol. The molecule has 2 N–H and O–H groups in total. The Hall–Kier alpha value is -4.15. The van der Waals surface area contributed by atoms with E-state index in [1.54, 1.807) is 18.2 Å². The van der Waals surface area contributed by atoms with Gasteiger partial charge in [-0.25, -0.2) is 15.4 Å². The Kier molecular flexibility index (Phi) is 7.33. The Morgan fingerprint density at radius 3 is 2.68 bits per heavy atom. The molecule has 2 aromatic heterocycles. The minimum absolute atomic E-state index is 0.0292. The number of rotatable bonds is 6. The highest BCUT2D eigenvalue weighted by molar-refractivity contribution is 6.30. The lowest BCUT2D eigenvalue weighted by atomic mass is 9.91. The summed E-state index contributed by atoms with van der Waals surface area (Å²) in [6, 6.07) is 8.14. The molecule has 1 fully saturated rings. The molecule has 3 aromatic rings. The molecule has 1 amide bonds. The number of halogens is 4. The van der Waals surface area contributed by atoms with Crippen LogP contribution in [0.1, 0.15) is 29.2 Å². The second-order valence-electron chi connectivity index (χ2n) is 8.02. The number of nitrogens with one attached hydrogen (secondary N) is 2. The van der Waals surface area contributed by atoms with Crippen molar-refractivity contribution in [2.24, 2.45) is 0 Å². The van der Waals surface area contributed by atoms with Gasteiger partial charge in [0.05, 0.1) is 31.0 Å². The minimum Gasteiger partial charge on any atom is -0.481 e. The molecule has 3 heterocycles. The number of nitrogens with zero attached hydrogens (tertiary/aromatic N) is 4. The van der Waals surface area contributed by atoms with Gasteiger partial charge in [-0.05, 0) is 30.2 Å². The number of benzene rings is 1. The summed E-state index contributed by atoms with van der Waals surface area (Å²) in [6.07, 6.45) is -2.53. The van der Waals surface area contributed by atoms with Crippen LogP contribution in [0, 0.1) is 11.3 Å². The molecule has 0 radical (unpaired) electrons. The Morgan fingerprint density at radius 2 is 2.03 bits per heavy atom. The molecule has 0 bridgehead atoms. The molecular formula is C23H18ClF3N6O4. The minimum atomic E-state index is -4.99. The Labute approximate surface area is 212 Å². The third-order valence-electron chi connectivity index (χ3n) is 5.51. The van der Waals surface area contributed by atoms with Crippen LogP contribution in [0.5, 0.6) is 17.4 Å². The highest BCUT2D eigenvalue weighted by Crippen LogP contribution is 2.35. The summed E-state index contributed by atoms with van der Waals surface area (Å²) in [6.45, 7) is -0.139. The third-order valence-corrected chi connectivity index (χ3v) is 5.73. The third kappa shape index (κ3) is 5.82. The number of pyridine rings is 1. The van der Waals surface area contributed by atoms with E-state index in [2.05, 4.69) is 20.8 Å². The smallest absolute Gasteiger partial charge is 0.437 e. The molecule has 2 unspecified atom stereocenters. The number of hydrazine groups is 1. The molecule has 10 nitrogen and oxygen atoms in total. The summed E-state index contributed by atoms with van der Waals surface area (Å²) >= 11 is 5.91. The molecule has 0 spiro atoms. The maximum Gasteiger partial charge on any atom is 0.437 e. The van der Waals surface area contributed by atoms with E-state index >= 15 is 0 Å². The maximum absolute atomic E-state index is 13.6. The van der Waals surface area contributed by atoms with Crippen LogP contribution in [0.25, 0.3) is 0 Å². The molecule has 0 saturated carbocycles. The summed E-state index contributed by atoms with van der Waals surface area (Å²) in [4.78, 5) is 33.0. The van der Waals surface area contributed by atoms with Crippen molar-refractivity contribution >= 4 is 17.5 Å². The van der Waals surface area contributed by atoms with Crippen molar-refractivity contribution in [2.75, 3.05) is 7.11 Å². The van der Waals surface area contributed by atoms with E-state index in [1.807, 2.05) is 0 Å². The molecule has 1 aromatic carbocycles. The number of hydrogen-bond donors (Lipinski definition) is 2. The van der Waals surface area contributed by atoms with E-state index in [4.69, 9.17) is 26.3 Å². The zero-order valence-corrected chi connectivity index (χ0v) is 19.8. The Morgan fingerprint density at radius 1 is 1.24 bits per heavy atom. The number of ether oxygens (including phenoxy) is 2. The topological polar surface area (TPSA) is 131 Å². The first-order valence-corrected chi connectivity index (χ1v) is 11.1. The number of nitriles is 1. The van der Waals surface area contributed by atoms with Crippen LogP contribution in [0.4, 0.5) is 13.2 Å². The van der Waals surface area contributed by atoms with Crippen LogP contribution in [0.2, 0.25) is 5.02 Å². The number of amides is 1. The number of alkyl halides is 3. The fourth-order valence-corrected chi connectivity index (χ4v) is 4.00. The lowest BCUT2D eigenvalue weighted by Gasteiger charge is -2.30. The zero-order valence-electron chi connectivity index (χ0n) is 19.0. The van der Waals surface area contributed by atoms with Crippen molar-refractivity contribution in [2.45, 2.75) is 31.1 Å². The summed E-state index contributed by atoms with van der Waals surface area (Å²) in [5.74, 6) is -1.90. The van der Waals surface area contributed by atoms with Gasteiger partial charge in [0.25, 0.3) is 5.56 Å². The van der Waals surface area contributed by atoms with Crippen molar-refractivity contribution in [3.63, 3.8) is 0 Å². The fraction of sp³-hybridized carbons (Fsp3) is 0.261. The quantitative estimate of drug-likeness (QED) is 0.493. The molecule has 4 rings (SSSR count). The van der Waals surface area contributed by atoms with Crippen molar-refractivity contribution in [3.8, 4) is 23.4 Å². The summed E-state index contributed by atoms with van der Waals surface area (Å²) < 4.78 is 52.2. The first kappa shape index (κ1) is 25.9. The Balaban J connectivity index is 1.63. The van der Waals surface area contributed by atoms with Gasteiger partial charge >= 0.3 is 6.18 Å². The lowest BCUT2D eigenvalue weighted by Crippen LogP contribution is -2.54. The van der Waals surface area contributed by atoms with Gasteiger partial charge in [-0.3, -0.25) is 19.6 Å². The average Bonchev–Trinajstić information content (AvgIpc) is 2.86. The highest BCUT2D eigenvalue weighted by atomic mass is 35.5. The van der Waals surface area contributed by atoms with Crippen LogP contribution in [0.3, 0.4) is 0 Å². The predicted octanol–water partition coefficient (Wildman–Crippen LogP) is 3.16. The molecule has 0 aliphatic carbocycles. The number of aromatic nitrogens is 3. The number of hydrogen-bond acceptors (Lipinski definition) is 8. The first-order chi connectivity index (χ1) is 17.6. The predicted molar refractivity (Wildman–Crippen MR) is 123 cm³/mol. The zero-order chi connectivity index (χ0) is 26.7. The van der Waals surface area contributed by atoms with Crippen molar-refractivity contribution in [1.29, 1.82) is 5.26 Å². The van der Waals surface area contributed by atoms with Crippen molar-refractivity contribution in [3.05, 3.63) is 75.1 Å². The molecular weight excluding hydrogens is 517 g/mol.